The topological polar surface area (TPSA) is 58.2 Å². The van der Waals surface area contributed by atoms with E-state index < -0.39 is 0 Å². The Bertz CT molecular complexity index is 927. The monoisotopic (exact) mass is 392 g/mol. The van der Waals surface area contributed by atoms with Crippen molar-refractivity contribution in [2.45, 2.75) is 26.8 Å². The van der Waals surface area contributed by atoms with Gasteiger partial charge in [0, 0.05) is 21.7 Å². The van der Waals surface area contributed by atoms with Crippen molar-refractivity contribution in [2.75, 3.05) is 5.32 Å². The lowest BCUT2D eigenvalue weighted by molar-refractivity contribution is 0.0903. The Morgan fingerprint density at radius 2 is 1.46 bits per heavy atom. The average molecular weight is 393 g/mol. The fourth-order valence-electron chi connectivity index (χ4n) is 2.88. The Labute approximate surface area is 169 Å². The summed E-state index contributed by atoms with van der Waals surface area (Å²) in [6.45, 7) is 6.33. The SMILES string of the molecule is CC(C)(C)C(NC(=O)c1ccc(NC(=O)c2ccccc2)cc1)c1cccs1. The summed E-state index contributed by atoms with van der Waals surface area (Å²) >= 11 is 1.64. The first-order valence-corrected chi connectivity index (χ1v) is 10.0. The molecule has 28 heavy (non-hydrogen) atoms. The lowest BCUT2D eigenvalue weighted by Gasteiger charge is -2.30. The summed E-state index contributed by atoms with van der Waals surface area (Å²) in [6.07, 6.45) is 0. The molecule has 1 atom stereocenters. The van der Waals surface area contributed by atoms with Crippen LogP contribution in [0.15, 0.2) is 72.1 Å². The lowest BCUT2D eigenvalue weighted by atomic mass is 9.85. The van der Waals surface area contributed by atoms with E-state index in [4.69, 9.17) is 0 Å². The molecule has 0 aliphatic heterocycles. The maximum atomic E-state index is 12.8. The zero-order valence-electron chi connectivity index (χ0n) is 16.2. The van der Waals surface area contributed by atoms with E-state index in [0.29, 0.717) is 16.8 Å². The van der Waals surface area contributed by atoms with Crippen molar-refractivity contribution < 1.29 is 9.59 Å². The molecule has 4 nitrogen and oxygen atoms in total. The van der Waals surface area contributed by atoms with Gasteiger partial charge in [0.25, 0.3) is 11.8 Å². The van der Waals surface area contributed by atoms with Crippen LogP contribution < -0.4 is 10.6 Å². The third-order valence-corrected chi connectivity index (χ3v) is 5.35. The minimum absolute atomic E-state index is 0.0718. The molecule has 144 valence electrons. The molecule has 0 saturated heterocycles. The number of carbonyl (C=O) groups is 2. The largest absolute Gasteiger partial charge is 0.344 e. The highest BCUT2D eigenvalue weighted by Crippen LogP contribution is 2.35. The van der Waals surface area contributed by atoms with Crippen LogP contribution in [0.25, 0.3) is 0 Å². The molecule has 0 saturated carbocycles. The van der Waals surface area contributed by atoms with Crippen molar-refractivity contribution in [1.82, 2.24) is 5.32 Å². The molecule has 1 heterocycles. The smallest absolute Gasteiger partial charge is 0.255 e. The Hall–Kier alpha value is -2.92. The van der Waals surface area contributed by atoms with Gasteiger partial charge in [-0.3, -0.25) is 9.59 Å². The molecule has 0 radical (unpaired) electrons. The average Bonchev–Trinajstić information content (AvgIpc) is 3.20. The van der Waals surface area contributed by atoms with Gasteiger partial charge in [-0.15, -0.1) is 11.3 Å². The van der Waals surface area contributed by atoms with E-state index in [1.54, 1.807) is 47.7 Å². The van der Waals surface area contributed by atoms with Gasteiger partial charge in [0.15, 0.2) is 0 Å². The Morgan fingerprint density at radius 3 is 2.04 bits per heavy atom. The number of hydrogen-bond donors (Lipinski definition) is 2. The molecule has 0 fully saturated rings. The van der Waals surface area contributed by atoms with Crippen molar-refractivity contribution in [3.63, 3.8) is 0 Å². The Kier molecular flexibility index (Phi) is 5.95. The van der Waals surface area contributed by atoms with Crippen LogP contribution in [0.1, 0.15) is 52.4 Å². The zero-order chi connectivity index (χ0) is 20.1. The highest BCUT2D eigenvalue weighted by molar-refractivity contribution is 7.10. The molecule has 2 N–H and O–H groups in total. The zero-order valence-corrected chi connectivity index (χ0v) is 17.0. The lowest BCUT2D eigenvalue weighted by Crippen LogP contribution is -2.36. The first-order valence-electron chi connectivity index (χ1n) is 9.15. The molecule has 1 unspecified atom stereocenters. The maximum Gasteiger partial charge on any atom is 0.255 e. The Balaban J connectivity index is 1.69. The number of benzene rings is 2. The van der Waals surface area contributed by atoms with Crippen molar-refractivity contribution in [3.05, 3.63) is 88.1 Å². The van der Waals surface area contributed by atoms with E-state index in [9.17, 15) is 9.59 Å². The van der Waals surface area contributed by atoms with Gasteiger partial charge in [-0.2, -0.15) is 0 Å². The number of anilines is 1. The number of rotatable bonds is 5. The number of hydrogen-bond acceptors (Lipinski definition) is 3. The molecule has 3 rings (SSSR count). The molecule has 2 aromatic carbocycles. The number of thiophene rings is 1. The predicted octanol–water partition coefficient (Wildman–Crippen LogP) is 5.52. The van der Waals surface area contributed by atoms with Gasteiger partial charge < -0.3 is 10.6 Å². The summed E-state index contributed by atoms with van der Waals surface area (Å²) < 4.78 is 0. The van der Waals surface area contributed by atoms with E-state index in [2.05, 4.69) is 31.4 Å². The molecule has 2 amide bonds. The summed E-state index contributed by atoms with van der Waals surface area (Å²) in [5, 5.41) is 8.01. The molecule has 0 aliphatic carbocycles. The van der Waals surface area contributed by atoms with Crippen molar-refractivity contribution in [3.8, 4) is 0 Å². The number of carbonyl (C=O) groups excluding carboxylic acids is 2. The van der Waals surface area contributed by atoms with E-state index in [1.807, 2.05) is 35.7 Å². The van der Waals surface area contributed by atoms with Gasteiger partial charge in [-0.25, -0.2) is 0 Å². The van der Waals surface area contributed by atoms with Crippen molar-refractivity contribution in [2.24, 2.45) is 5.41 Å². The Morgan fingerprint density at radius 1 is 0.821 bits per heavy atom. The van der Waals surface area contributed by atoms with Crippen molar-refractivity contribution in [1.29, 1.82) is 0 Å². The molecular weight excluding hydrogens is 368 g/mol. The van der Waals surface area contributed by atoms with Gasteiger partial charge in [-0.1, -0.05) is 45.0 Å². The first kappa shape index (κ1) is 19.8. The first-order chi connectivity index (χ1) is 13.3. The minimum Gasteiger partial charge on any atom is -0.344 e. The van der Waals surface area contributed by atoms with Gasteiger partial charge in [-0.05, 0) is 53.3 Å². The van der Waals surface area contributed by atoms with Crippen LogP contribution >= 0.6 is 11.3 Å². The standard InChI is InChI=1S/C23H24N2O2S/c1-23(2,3)20(19-10-7-15-28-19)25-22(27)17-11-13-18(14-12-17)24-21(26)16-8-5-4-6-9-16/h4-15,20H,1-3H3,(H,24,26)(H,25,27). The molecule has 0 spiro atoms. The van der Waals surface area contributed by atoms with E-state index >= 15 is 0 Å². The van der Waals surface area contributed by atoms with E-state index in [0.717, 1.165) is 4.88 Å². The van der Waals surface area contributed by atoms with Crippen LogP contribution in [0.2, 0.25) is 0 Å². The highest BCUT2D eigenvalue weighted by atomic mass is 32.1. The second-order valence-corrected chi connectivity index (χ2v) is 8.66. The molecule has 0 bridgehead atoms. The molecule has 3 aromatic rings. The maximum absolute atomic E-state index is 12.8. The summed E-state index contributed by atoms with van der Waals surface area (Å²) in [5.74, 6) is -0.308. The van der Waals surface area contributed by atoms with Crippen LogP contribution in [0.3, 0.4) is 0 Å². The van der Waals surface area contributed by atoms with Crippen LogP contribution in [0.5, 0.6) is 0 Å². The fourth-order valence-corrected chi connectivity index (χ4v) is 3.90. The number of amides is 2. The van der Waals surface area contributed by atoms with Crippen LogP contribution in [0.4, 0.5) is 5.69 Å². The molecule has 1 aromatic heterocycles. The third kappa shape index (κ3) is 4.87. The van der Waals surface area contributed by atoms with Gasteiger partial charge in [0.2, 0.25) is 0 Å². The quantitative estimate of drug-likeness (QED) is 0.601. The fraction of sp³-hybridized carbons (Fsp3) is 0.217. The predicted molar refractivity (Wildman–Crippen MR) is 115 cm³/mol. The van der Waals surface area contributed by atoms with Gasteiger partial charge in [0.1, 0.15) is 0 Å². The highest BCUT2D eigenvalue weighted by Gasteiger charge is 2.28. The molecule has 0 aliphatic rings. The van der Waals surface area contributed by atoms with Crippen LogP contribution in [-0.2, 0) is 0 Å². The number of nitrogens with one attached hydrogen (secondary N) is 2. The third-order valence-electron chi connectivity index (χ3n) is 4.41. The van der Waals surface area contributed by atoms with E-state index in [-0.39, 0.29) is 23.3 Å². The van der Waals surface area contributed by atoms with Crippen LogP contribution in [0, 0.1) is 5.41 Å². The van der Waals surface area contributed by atoms with Crippen molar-refractivity contribution >= 4 is 28.8 Å². The summed E-state index contributed by atoms with van der Waals surface area (Å²) in [7, 11) is 0. The van der Waals surface area contributed by atoms with Gasteiger partial charge >= 0.3 is 0 Å². The minimum atomic E-state index is -0.178. The molecule has 5 heteroatoms. The molecular formula is C23H24N2O2S. The second-order valence-electron chi connectivity index (χ2n) is 7.69. The van der Waals surface area contributed by atoms with Gasteiger partial charge in [0.05, 0.1) is 6.04 Å². The van der Waals surface area contributed by atoms with E-state index in [1.165, 1.54) is 0 Å². The summed E-state index contributed by atoms with van der Waals surface area (Å²) in [4.78, 5) is 26.1. The summed E-state index contributed by atoms with van der Waals surface area (Å²) in [5.41, 5.74) is 1.69. The van der Waals surface area contributed by atoms with Crippen LogP contribution in [-0.4, -0.2) is 11.8 Å². The summed E-state index contributed by atoms with van der Waals surface area (Å²) in [6, 6.07) is 19.9. The normalized spacial score (nSPS) is 12.2. The second kappa shape index (κ2) is 8.40.